The maximum absolute atomic E-state index is 12.9. The molecule has 1 aromatic heterocycles. The average Bonchev–Trinajstić information content (AvgIpc) is 2.47. The van der Waals surface area contributed by atoms with E-state index in [4.69, 9.17) is 5.11 Å². The highest BCUT2D eigenvalue weighted by Gasteiger charge is 2.13. The Morgan fingerprint density at radius 3 is 2.45 bits per heavy atom. The van der Waals surface area contributed by atoms with Crippen LogP contribution in [0.4, 0.5) is 4.39 Å². The lowest BCUT2D eigenvalue weighted by Gasteiger charge is -2.15. The SMILES string of the molecule is Cc1c(C)n(CC(=O)O)c(CCc2ccc(F)cc2)nc1=O. The third-order valence-corrected chi connectivity index (χ3v) is 3.65. The number of aliphatic carboxylic acids is 1. The number of rotatable bonds is 5. The summed E-state index contributed by atoms with van der Waals surface area (Å²) in [6.45, 7) is 3.11. The van der Waals surface area contributed by atoms with E-state index in [0.29, 0.717) is 29.9 Å². The maximum Gasteiger partial charge on any atom is 0.323 e. The lowest BCUT2D eigenvalue weighted by molar-refractivity contribution is -0.137. The minimum Gasteiger partial charge on any atom is -0.480 e. The summed E-state index contributed by atoms with van der Waals surface area (Å²) in [6, 6.07) is 6.06. The predicted octanol–water partition coefficient (Wildman–Crippen LogP) is 1.87. The van der Waals surface area contributed by atoms with Crippen LogP contribution in [0.15, 0.2) is 29.1 Å². The van der Waals surface area contributed by atoms with Crippen LogP contribution in [0.5, 0.6) is 0 Å². The number of hydrogen-bond acceptors (Lipinski definition) is 3. The van der Waals surface area contributed by atoms with E-state index in [2.05, 4.69) is 4.98 Å². The van der Waals surface area contributed by atoms with Gasteiger partial charge in [-0.1, -0.05) is 12.1 Å². The Morgan fingerprint density at radius 2 is 1.86 bits per heavy atom. The van der Waals surface area contributed by atoms with Gasteiger partial charge in [0, 0.05) is 17.7 Å². The van der Waals surface area contributed by atoms with Crippen molar-refractivity contribution in [3.8, 4) is 0 Å². The molecule has 0 amide bonds. The molecule has 0 saturated heterocycles. The lowest BCUT2D eigenvalue weighted by atomic mass is 10.1. The maximum atomic E-state index is 12.9. The Hall–Kier alpha value is -2.50. The van der Waals surface area contributed by atoms with E-state index in [1.54, 1.807) is 30.5 Å². The van der Waals surface area contributed by atoms with Crippen LogP contribution in [-0.2, 0) is 24.2 Å². The highest BCUT2D eigenvalue weighted by atomic mass is 19.1. The van der Waals surface area contributed by atoms with Crippen molar-refractivity contribution in [3.63, 3.8) is 0 Å². The Kier molecular flexibility index (Phi) is 4.70. The largest absolute Gasteiger partial charge is 0.480 e. The van der Waals surface area contributed by atoms with Crippen LogP contribution in [0.25, 0.3) is 0 Å². The molecular weight excluding hydrogens is 287 g/mol. The van der Waals surface area contributed by atoms with E-state index in [1.165, 1.54) is 12.1 Å². The molecule has 0 radical (unpaired) electrons. The van der Waals surface area contributed by atoms with Gasteiger partial charge >= 0.3 is 5.97 Å². The zero-order valence-corrected chi connectivity index (χ0v) is 12.5. The molecule has 0 aliphatic carbocycles. The molecule has 22 heavy (non-hydrogen) atoms. The fourth-order valence-corrected chi connectivity index (χ4v) is 2.26. The molecule has 0 spiro atoms. The number of carboxylic acids is 1. The van der Waals surface area contributed by atoms with E-state index < -0.39 is 5.97 Å². The van der Waals surface area contributed by atoms with Crippen LogP contribution >= 0.6 is 0 Å². The molecule has 1 aromatic carbocycles. The van der Waals surface area contributed by atoms with Crippen LogP contribution in [-0.4, -0.2) is 20.6 Å². The molecule has 0 atom stereocenters. The lowest BCUT2D eigenvalue weighted by Crippen LogP contribution is -2.26. The van der Waals surface area contributed by atoms with E-state index in [9.17, 15) is 14.0 Å². The van der Waals surface area contributed by atoms with Crippen molar-refractivity contribution in [1.29, 1.82) is 0 Å². The summed E-state index contributed by atoms with van der Waals surface area (Å²) in [4.78, 5) is 26.8. The van der Waals surface area contributed by atoms with E-state index in [1.807, 2.05) is 0 Å². The molecule has 2 aromatic rings. The van der Waals surface area contributed by atoms with Crippen LogP contribution in [0, 0.1) is 19.7 Å². The molecule has 116 valence electrons. The zero-order chi connectivity index (χ0) is 16.3. The van der Waals surface area contributed by atoms with Crippen LogP contribution < -0.4 is 5.56 Å². The smallest absolute Gasteiger partial charge is 0.323 e. The predicted molar refractivity (Wildman–Crippen MR) is 79.4 cm³/mol. The van der Waals surface area contributed by atoms with Gasteiger partial charge in [0.2, 0.25) is 0 Å². The van der Waals surface area contributed by atoms with Crippen molar-refractivity contribution in [2.24, 2.45) is 0 Å². The van der Waals surface area contributed by atoms with Gasteiger partial charge in [0.25, 0.3) is 5.56 Å². The molecule has 2 rings (SSSR count). The first-order chi connectivity index (χ1) is 10.4. The van der Waals surface area contributed by atoms with E-state index in [0.717, 1.165) is 5.56 Å². The van der Waals surface area contributed by atoms with Crippen molar-refractivity contribution in [3.05, 3.63) is 63.1 Å². The number of hydrogen-bond donors (Lipinski definition) is 1. The second kappa shape index (κ2) is 6.51. The molecule has 0 bridgehead atoms. The molecule has 6 heteroatoms. The summed E-state index contributed by atoms with van der Waals surface area (Å²) >= 11 is 0. The Bertz CT molecular complexity index is 751. The Labute approximate surface area is 127 Å². The average molecular weight is 304 g/mol. The summed E-state index contributed by atoms with van der Waals surface area (Å²) < 4.78 is 14.4. The Morgan fingerprint density at radius 1 is 1.23 bits per heavy atom. The first kappa shape index (κ1) is 15.9. The summed E-state index contributed by atoms with van der Waals surface area (Å²) in [5.74, 6) is -0.869. The second-order valence-corrected chi connectivity index (χ2v) is 5.15. The minimum atomic E-state index is -0.990. The number of aromatic nitrogens is 2. The molecule has 0 saturated carbocycles. The van der Waals surface area contributed by atoms with Crippen molar-refractivity contribution >= 4 is 5.97 Å². The third-order valence-electron chi connectivity index (χ3n) is 3.65. The number of carboxylic acid groups (broad SMARTS) is 1. The van der Waals surface area contributed by atoms with Gasteiger partial charge in [-0.05, 0) is 38.0 Å². The molecular formula is C16H17FN2O3. The van der Waals surface area contributed by atoms with Gasteiger partial charge in [-0.15, -0.1) is 0 Å². The number of halogens is 1. The van der Waals surface area contributed by atoms with Crippen LogP contribution in [0.2, 0.25) is 0 Å². The van der Waals surface area contributed by atoms with E-state index >= 15 is 0 Å². The van der Waals surface area contributed by atoms with Gasteiger partial charge in [0.15, 0.2) is 0 Å². The number of aryl methyl sites for hydroxylation is 2. The molecule has 0 unspecified atom stereocenters. The monoisotopic (exact) mass is 304 g/mol. The first-order valence-electron chi connectivity index (χ1n) is 6.91. The summed E-state index contributed by atoms with van der Waals surface area (Å²) in [7, 11) is 0. The van der Waals surface area contributed by atoms with E-state index in [-0.39, 0.29) is 17.9 Å². The normalized spacial score (nSPS) is 10.7. The van der Waals surface area contributed by atoms with Crippen molar-refractivity contribution < 1.29 is 14.3 Å². The molecule has 0 aliphatic heterocycles. The minimum absolute atomic E-state index is 0.237. The standard InChI is InChI=1S/C16H17FN2O3/c1-10-11(2)19(9-15(20)21)14(18-16(10)22)8-5-12-3-6-13(17)7-4-12/h3-4,6-7H,5,8-9H2,1-2H3,(H,20,21). The number of nitrogens with zero attached hydrogens (tertiary/aromatic N) is 2. The second-order valence-electron chi connectivity index (χ2n) is 5.15. The molecule has 0 aliphatic rings. The van der Waals surface area contributed by atoms with Crippen LogP contribution in [0.1, 0.15) is 22.6 Å². The molecule has 0 fully saturated rings. The highest BCUT2D eigenvalue weighted by molar-refractivity contribution is 5.66. The van der Waals surface area contributed by atoms with Crippen LogP contribution in [0.3, 0.4) is 0 Å². The summed E-state index contributed by atoms with van der Waals surface area (Å²) in [5.41, 5.74) is 1.62. The van der Waals surface area contributed by atoms with Gasteiger partial charge in [0.1, 0.15) is 18.2 Å². The van der Waals surface area contributed by atoms with Gasteiger partial charge in [0.05, 0.1) is 0 Å². The topological polar surface area (TPSA) is 72.2 Å². The Balaban J connectivity index is 2.30. The van der Waals surface area contributed by atoms with Crippen molar-refractivity contribution in [2.75, 3.05) is 0 Å². The quantitative estimate of drug-likeness (QED) is 0.915. The number of carbonyl (C=O) groups is 1. The third kappa shape index (κ3) is 3.58. The van der Waals surface area contributed by atoms with Gasteiger partial charge in [-0.2, -0.15) is 4.98 Å². The molecule has 5 nitrogen and oxygen atoms in total. The molecule has 1 heterocycles. The van der Waals surface area contributed by atoms with Crippen molar-refractivity contribution in [2.45, 2.75) is 33.2 Å². The van der Waals surface area contributed by atoms with Gasteiger partial charge in [-0.25, -0.2) is 4.39 Å². The molecule has 1 N–H and O–H groups in total. The fraction of sp³-hybridized carbons (Fsp3) is 0.312. The highest BCUT2D eigenvalue weighted by Crippen LogP contribution is 2.10. The van der Waals surface area contributed by atoms with Gasteiger partial charge < -0.3 is 9.67 Å². The number of benzene rings is 1. The fourth-order valence-electron chi connectivity index (χ4n) is 2.26. The summed E-state index contributed by atoms with van der Waals surface area (Å²) in [6.07, 6.45) is 0.962. The van der Waals surface area contributed by atoms with Gasteiger partial charge in [-0.3, -0.25) is 9.59 Å². The zero-order valence-electron chi connectivity index (χ0n) is 12.5. The first-order valence-corrected chi connectivity index (χ1v) is 6.91. The summed E-state index contributed by atoms with van der Waals surface area (Å²) in [5, 5.41) is 9.02. The van der Waals surface area contributed by atoms with Crippen molar-refractivity contribution in [1.82, 2.24) is 9.55 Å².